The fraction of sp³-hybridized carbons (Fsp3) is 0.300. The van der Waals surface area contributed by atoms with Gasteiger partial charge in [-0.25, -0.2) is 0 Å². The monoisotopic (exact) mass is 414 g/mol. The summed E-state index contributed by atoms with van der Waals surface area (Å²) in [4.78, 5) is 12.9. The zero-order valence-corrected chi connectivity index (χ0v) is 16.4. The highest BCUT2D eigenvalue weighted by atomic mass is 79.9. The fourth-order valence-electron chi connectivity index (χ4n) is 4.12. The van der Waals surface area contributed by atoms with E-state index >= 15 is 0 Å². The molecule has 0 aromatic heterocycles. The van der Waals surface area contributed by atoms with Crippen molar-refractivity contribution in [1.29, 1.82) is 0 Å². The molecule has 5 nitrogen and oxygen atoms in total. The number of hydrogen-bond donors (Lipinski definition) is 0. The number of nitro benzene ring substituents is 1. The molecule has 0 saturated carbocycles. The Morgan fingerprint density at radius 3 is 2.69 bits per heavy atom. The van der Waals surface area contributed by atoms with E-state index in [4.69, 9.17) is 4.74 Å². The minimum atomic E-state index is -0.673. The molecule has 1 spiro atoms. The van der Waals surface area contributed by atoms with Crippen LogP contribution < -0.4 is 9.64 Å². The van der Waals surface area contributed by atoms with Crippen molar-refractivity contribution in [3.8, 4) is 5.75 Å². The Balaban J connectivity index is 1.87. The summed E-state index contributed by atoms with van der Waals surface area (Å²) in [5.41, 5.74) is 2.18. The number of anilines is 1. The maximum Gasteiger partial charge on any atom is 0.270 e. The van der Waals surface area contributed by atoms with Gasteiger partial charge in [-0.2, -0.15) is 0 Å². The summed E-state index contributed by atoms with van der Waals surface area (Å²) in [7, 11) is 0. The Bertz CT molecular complexity index is 954. The van der Waals surface area contributed by atoms with Gasteiger partial charge in [0.2, 0.25) is 5.72 Å². The summed E-state index contributed by atoms with van der Waals surface area (Å²) in [6, 6.07) is 11.0. The van der Waals surface area contributed by atoms with Gasteiger partial charge in [-0.3, -0.25) is 10.1 Å². The van der Waals surface area contributed by atoms with Crippen molar-refractivity contribution >= 4 is 33.4 Å². The SMILES string of the molecule is CCN1c2ccc(Br)cc2C(C)(C)C12C=Cc1cc([N+](=O)[O-])ccc1O2. The van der Waals surface area contributed by atoms with Crippen molar-refractivity contribution in [3.05, 3.63) is 68.2 Å². The molecule has 2 aromatic carbocycles. The van der Waals surface area contributed by atoms with Gasteiger partial charge in [0.1, 0.15) is 5.75 Å². The maximum atomic E-state index is 11.0. The van der Waals surface area contributed by atoms with Gasteiger partial charge < -0.3 is 9.64 Å². The van der Waals surface area contributed by atoms with Crippen molar-refractivity contribution in [2.24, 2.45) is 0 Å². The summed E-state index contributed by atoms with van der Waals surface area (Å²) in [6.45, 7) is 7.24. The molecule has 0 saturated heterocycles. The van der Waals surface area contributed by atoms with Crippen molar-refractivity contribution in [2.45, 2.75) is 31.9 Å². The van der Waals surface area contributed by atoms with E-state index in [1.165, 1.54) is 11.6 Å². The smallest absolute Gasteiger partial charge is 0.270 e. The number of nitrogens with zero attached hydrogens (tertiary/aromatic N) is 2. The minimum Gasteiger partial charge on any atom is -0.463 e. The van der Waals surface area contributed by atoms with Crippen molar-refractivity contribution in [3.63, 3.8) is 0 Å². The molecule has 0 N–H and O–H groups in total. The van der Waals surface area contributed by atoms with Gasteiger partial charge in [-0.1, -0.05) is 15.9 Å². The number of benzene rings is 2. The summed E-state index contributed by atoms with van der Waals surface area (Å²) in [5, 5.41) is 11.0. The summed E-state index contributed by atoms with van der Waals surface area (Å²) < 4.78 is 7.59. The number of non-ortho nitro benzene ring substituents is 1. The molecule has 26 heavy (non-hydrogen) atoms. The molecule has 0 radical (unpaired) electrons. The second-order valence-electron chi connectivity index (χ2n) is 7.14. The lowest BCUT2D eigenvalue weighted by Crippen LogP contribution is -2.59. The zero-order chi connectivity index (χ0) is 18.7. The van der Waals surface area contributed by atoms with Crippen LogP contribution >= 0.6 is 15.9 Å². The highest BCUT2D eigenvalue weighted by molar-refractivity contribution is 9.10. The van der Waals surface area contributed by atoms with Crippen LogP contribution in [0.2, 0.25) is 0 Å². The van der Waals surface area contributed by atoms with Crippen LogP contribution in [-0.4, -0.2) is 17.2 Å². The average molecular weight is 415 g/mol. The fourth-order valence-corrected chi connectivity index (χ4v) is 4.48. The Labute approximate surface area is 160 Å². The number of rotatable bonds is 2. The molecular formula is C20H19BrN2O3. The molecule has 1 atom stereocenters. The van der Waals surface area contributed by atoms with Crippen LogP contribution in [0, 0.1) is 10.1 Å². The number of fused-ring (bicyclic) bond motifs is 2. The molecule has 2 aliphatic heterocycles. The minimum absolute atomic E-state index is 0.0678. The van der Waals surface area contributed by atoms with Gasteiger partial charge in [0.15, 0.2) is 0 Å². The lowest BCUT2D eigenvalue weighted by molar-refractivity contribution is -0.384. The third kappa shape index (κ3) is 2.14. The number of nitro groups is 1. The summed E-state index contributed by atoms with van der Waals surface area (Å²) >= 11 is 3.58. The van der Waals surface area contributed by atoms with Crippen LogP contribution in [0.4, 0.5) is 11.4 Å². The van der Waals surface area contributed by atoms with E-state index in [1.807, 2.05) is 18.2 Å². The largest absolute Gasteiger partial charge is 0.463 e. The van der Waals surface area contributed by atoms with Gasteiger partial charge in [-0.15, -0.1) is 0 Å². The van der Waals surface area contributed by atoms with Gasteiger partial charge in [0.25, 0.3) is 5.69 Å². The van der Waals surface area contributed by atoms with E-state index in [-0.39, 0.29) is 16.0 Å². The maximum absolute atomic E-state index is 11.0. The van der Waals surface area contributed by atoms with Gasteiger partial charge >= 0.3 is 0 Å². The van der Waals surface area contributed by atoms with Gasteiger partial charge in [-0.05, 0) is 62.8 Å². The quantitative estimate of drug-likeness (QED) is 0.495. The van der Waals surface area contributed by atoms with Gasteiger partial charge in [0.05, 0.1) is 10.3 Å². The molecule has 134 valence electrons. The average Bonchev–Trinajstić information content (AvgIpc) is 2.78. The van der Waals surface area contributed by atoms with Crippen LogP contribution in [0.25, 0.3) is 6.08 Å². The van der Waals surface area contributed by atoms with Crippen LogP contribution in [0.5, 0.6) is 5.75 Å². The first-order valence-corrected chi connectivity index (χ1v) is 9.34. The Kier molecular flexibility index (Phi) is 3.67. The number of likely N-dealkylation sites (N-methyl/N-ethyl adjacent to an activating group) is 1. The summed E-state index contributed by atoms with van der Waals surface area (Å²) in [6.07, 6.45) is 3.98. The molecule has 2 heterocycles. The third-order valence-electron chi connectivity index (χ3n) is 5.49. The normalized spacial score (nSPS) is 22.1. The van der Waals surface area contributed by atoms with Crippen LogP contribution in [0.3, 0.4) is 0 Å². The van der Waals surface area contributed by atoms with Crippen LogP contribution in [0.15, 0.2) is 46.9 Å². The van der Waals surface area contributed by atoms with Crippen molar-refractivity contribution in [2.75, 3.05) is 11.4 Å². The van der Waals surface area contributed by atoms with E-state index < -0.39 is 5.72 Å². The molecule has 4 rings (SSSR count). The standard InChI is InChI=1S/C20H19BrN2O3/c1-4-22-17-7-5-14(21)12-16(17)19(2,3)20(22)10-9-13-11-15(23(24)25)6-8-18(13)26-20/h5-12H,4H2,1-3H3. The first kappa shape index (κ1) is 17.1. The molecule has 1 unspecified atom stereocenters. The third-order valence-corrected chi connectivity index (χ3v) is 5.99. The predicted octanol–water partition coefficient (Wildman–Crippen LogP) is 5.28. The van der Waals surface area contributed by atoms with Crippen molar-refractivity contribution < 1.29 is 9.66 Å². The molecule has 0 aliphatic carbocycles. The zero-order valence-electron chi connectivity index (χ0n) is 14.8. The van der Waals surface area contributed by atoms with Crippen LogP contribution in [-0.2, 0) is 5.41 Å². The molecule has 2 aromatic rings. The lowest BCUT2D eigenvalue weighted by atomic mass is 9.76. The topological polar surface area (TPSA) is 55.6 Å². The Hall–Kier alpha value is -2.34. The van der Waals surface area contributed by atoms with E-state index in [0.29, 0.717) is 5.75 Å². The van der Waals surface area contributed by atoms with Crippen molar-refractivity contribution in [1.82, 2.24) is 0 Å². The number of halogens is 1. The highest BCUT2D eigenvalue weighted by Gasteiger charge is 2.58. The van der Waals surface area contributed by atoms with E-state index in [0.717, 1.165) is 22.3 Å². The van der Waals surface area contributed by atoms with Gasteiger partial charge in [0, 0.05) is 34.4 Å². The molecule has 6 heteroatoms. The first-order valence-electron chi connectivity index (χ1n) is 8.54. The van der Waals surface area contributed by atoms with E-state index in [9.17, 15) is 10.1 Å². The lowest BCUT2D eigenvalue weighted by Gasteiger charge is -2.46. The molecule has 2 aliphatic rings. The Morgan fingerprint density at radius 1 is 1.23 bits per heavy atom. The second-order valence-corrected chi connectivity index (χ2v) is 8.06. The predicted molar refractivity (Wildman–Crippen MR) is 106 cm³/mol. The molecular weight excluding hydrogens is 396 g/mol. The Morgan fingerprint density at radius 2 is 2.00 bits per heavy atom. The molecule has 0 bridgehead atoms. The highest BCUT2D eigenvalue weighted by Crippen LogP contribution is 2.55. The van der Waals surface area contributed by atoms with E-state index in [2.05, 4.69) is 53.7 Å². The molecule has 0 fully saturated rings. The van der Waals surface area contributed by atoms with Crippen LogP contribution in [0.1, 0.15) is 31.9 Å². The number of hydrogen-bond acceptors (Lipinski definition) is 4. The van der Waals surface area contributed by atoms with E-state index in [1.54, 1.807) is 12.1 Å². The second kappa shape index (κ2) is 5.58. The molecule has 0 amide bonds. The first-order chi connectivity index (χ1) is 12.3. The summed E-state index contributed by atoms with van der Waals surface area (Å²) in [5.74, 6) is 0.663. The number of ether oxygens (including phenoxy) is 1.